The van der Waals surface area contributed by atoms with E-state index in [1.807, 2.05) is 0 Å². The second-order valence-corrected chi connectivity index (χ2v) is 11.2. The van der Waals surface area contributed by atoms with Gasteiger partial charge in [0.1, 0.15) is 29.3 Å². The third kappa shape index (κ3) is 4.88. The maximum Gasteiger partial charge on any atom is 0.342 e. The molecule has 1 fully saturated rings. The summed E-state index contributed by atoms with van der Waals surface area (Å²) in [6.07, 6.45) is -1.47. The summed E-state index contributed by atoms with van der Waals surface area (Å²) in [6, 6.07) is 0.902. The fraction of sp³-hybridized carbons (Fsp3) is 0.387. The second-order valence-electron chi connectivity index (χ2n) is 11.2. The molecule has 15 heteroatoms. The summed E-state index contributed by atoms with van der Waals surface area (Å²) >= 11 is 0. The summed E-state index contributed by atoms with van der Waals surface area (Å²) < 4.78 is 22.4. The molecule has 0 bridgehead atoms. The standard InChI is InChI=1S/C31H29NO14/c1-12-20-13(8-15(35)21(12)31(42)43-7-3-2-6-32-18(36)4-5-19(32)37)25(38)22-23(26(20)39)30-24(28(41)27(22)40)29-16(44-11-45-30)9-14(34)17(10-33)46-29/h4-5,8,14,16-17,29,33-35,40-41H,2-3,6-7,9-11H2,1H3/t14-,16+,17+,29-/m0/s1. The molecule has 0 unspecified atom stereocenters. The van der Waals surface area contributed by atoms with Crippen molar-refractivity contribution in [3.63, 3.8) is 0 Å². The number of hydrogen-bond acceptors (Lipinski definition) is 14. The Morgan fingerprint density at radius 3 is 2.41 bits per heavy atom. The SMILES string of the molecule is Cc1c(C(=O)OCCCCN2C(=O)C=CC2=O)c(O)cc2c1C(=O)c1c3c(c(O)c(O)c1C2=O)[C@H]1O[C@H](CO)[C@@H](O)C[C@H]1OCO3. The zero-order chi connectivity index (χ0) is 33.0. The van der Waals surface area contributed by atoms with Crippen LogP contribution < -0.4 is 4.74 Å². The van der Waals surface area contributed by atoms with Crippen LogP contribution in [0.25, 0.3) is 0 Å². The third-order valence-electron chi connectivity index (χ3n) is 8.55. The van der Waals surface area contributed by atoms with Crippen LogP contribution in [0.3, 0.4) is 0 Å². The first-order valence-electron chi connectivity index (χ1n) is 14.4. The first-order chi connectivity index (χ1) is 22.0. The lowest BCUT2D eigenvalue weighted by Crippen LogP contribution is -2.45. The second kappa shape index (κ2) is 11.8. The Bertz CT molecular complexity index is 1710. The molecule has 2 aromatic carbocycles. The lowest BCUT2D eigenvalue weighted by Gasteiger charge is -2.38. The van der Waals surface area contributed by atoms with Crippen LogP contribution >= 0.6 is 0 Å². The number of aliphatic hydroxyl groups excluding tert-OH is 2. The molecular formula is C31H29NO14. The van der Waals surface area contributed by atoms with Crippen molar-refractivity contribution in [2.75, 3.05) is 26.6 Å². The highest BCUT2D eigenvalue weighted by Crippen LogP contribution is 2.53. The van der Waals surface area contributed by atoms with Gasteiger partial charge in [0.15, 0.2) is 29.9 Å². The maximum atomic E-state index is 14.1. The molecule has 242 valence electrons. The summed E-state index contributed by atoms with van der Waals surface area (Å²) in [5.41, 5.74) is -2.34. The van der Waals surface area contributed by atoms with E-state index in [-0.39, 0.29) is 59.6 Å². The molecule has 1 aliphatic carbocycles. The molecule has 4 atom stereocenters. The minimum Gasteiger partial charge on any atom is -0.507 e. The fourth-order valence-electron chi connectivity index (χ4n) is 6.26. The molecule has 2 aromatic rings. The number of rotatable bonds is 7. The van der Waals surface area contributed by atoms with Gasteiger partial charge in [0, 0.05) is 36.2 Å². The summed E-state index contributed by atoms with van der Waals surface area (Å²) in [6.45, 7) is 0.241. The molecule has 6 rings (SSSR count). The van der Waals surface area contributed by atoms with Crippen molar-refractivity contribution in [3.8, 4) is 23.0 Å². The van der Waals surface area contributed by atoms with E-state index in [0.29, 0.717) is 6.42 Å². The number of aromatic hydroxyl groups is 3. The molecule has 0 spiro atoms. The predicted octanol–water partition coefficient (Wildman–Crippen LogP) is 0.668. The molecule has 5 N–H and O–H groups in total. The monoisotopic (exact) mass is 639 g/mol. The molecule has 2 amide bonds. The average molecular weight is 640 g/mol. The zero-order valence-corrected chi connectivity index (χ0v) is 24.3. The van der Waals surface area contributed by atoms with E-state index < -0.39 is 95.5 Å². The van der Waals surface area contributed by atoms with Gasteiger partial charge in [0.05, 0.1) is 42.1 Å². The van der Waals surface area contributed by atoms with Gasteiger partial charge < -0.3 is 44.5 Å². The summed E-state index contributed by atoms with van der Waals surface area (Å²) in [7, 11) is 0. The molecule has 4 aliphatic rings. The molecule has 0 aromatic heterocycles. The Hall–Kier alpha value is -4.83. The van der Waals surface area contributed by atoms with Gasteiger partial charge in [0.2, 0.25) is 0 Å². The fourth-order valence-corrected chi connectivity index (χ4v) is 6.26. The van der Waals surface area contributed by atoms with Crippen LogP contribution in [0.2, 0.25) is 0 Å². The van der Waals surface area contributed by atoms with Crippen LogP contribution in [0.4, 0.5) is 0 Å². The Morgan fingerprint density at radius 1 is 1.00 bits per heavy atom. The van der Waals surface area contributed by atoms with Gasteiger partial charge in [-0.25, -0.2) is 4.79 Å². The van der Waals surface area contributed by atoms with Crippen molar-refractivity contribution in [2.45, 2.75) is 50.6 Å². The number of aliphatic hydroxyl groups is 2. The van der Waals surface area contributed by atoms with E-state index in [2.05, 4.69) is 0 Å². The van der Waals surface area contributed by atoms with Gasteiger partial charge in [-0.2, -0.15) is 0 Å². The van der Waals surface area contributed by atoms with Crippen molar-refractivity contribution in [3.05, 3.63) is 57.2 Å². The molecule has 15 nitrogen and oxygen atoms in total. The normalized spacial score (nSPS) is 23.3. The Labute approximate surface area is 260 Å². The van der Waals surface area contributed by atoms with E-state index >= 15 is 0 Å². The van der Waals surface area contributed by atoms with Gasteiger partial charge in [-0.15, -0.1) is 0 Å². The Morgan fingerprint density at radius 2 is 1.72 bits per heavy atom. The number of ketones is 2. The number of esters is 1. The number of nitrogens with zero attached hydrogens (tertiary/aromatic N) is 1. The first kappa shape index (κ1) is 31.2. The summed E-state index contributed by atoms with van der Waals surface area (Å²) in [5.74, 6) is -6.46. The lowest BCUT2D eigenvalue weighted by atomic mass is 9.77. The zero-order valence-electron chi connectivity index (χ0n) is 24.3. The molecule has 1 saturated heterocycles. The number of unbranched alkanes of at least 4 members (excludes halogenated alkanes) is 1. The summed E-state index contributed by atoms with van der Waals surface area (Å²) in [4.78, 5) is 65.3. The number of benzene rings is 2. The number of amides is 2. The molecule has 3 aliphatic heterocycles. The van der Waals surface area contributed by atoms with Gasteiger partial charge in [-0.1, -0.05) is 0 Å². The largest absolute Gasteiger partial charge is 0.507 e. The highest BCUT2D eigenvalue weighted by Gasteiger charge is 2.48. The number of phenolic OH excluding ortho intramolecular Hbond substituents is 3. The maximum absolute atomic E-state index is 14.1. The summed E-state index contributed by atoms with van der Waals surface area (Å²) in [5, 5.41) is 52.9. The molecule has 0 radical (unpaired) electrons. The molecule has 0 saturated carbocycles. The van der Waals surface area contributed by atoms with Crippen molar-refractivity contribution in [1.82, 2.24) is 4.90 Å². The average Bonchev–Trinajstić information content (AvgIpc) is 3.22. The van der Waals surface area contributed by atoms with Crippen LogP contribution in [0.1, 0.15) is 78.7 Å². The quantitative estimate of drug-likeness (QED) is 0.104. The van der Waals surface area contributed by atoms with Crippen LogP contribution in [-0.4, -0.2) is 105 Å². The van der Waals surface area contributed by atoms with Crippen molar-refractivity contribution in [2.24, 2.45) is 0 Å². The van der Waals surface area contributed by atoms with Gasteiger partial charge >= 0.3 is 5.97 Å². The first-order valence-corrected chi connectivity index (χ1v) is 14.4. The van der Waals surface area contributed by atoms with E-state index in [0.717, 1.165) is 23.1 Å². The topological polar surface area (TPSA) is 227 Å². The van der Waals surface area contributed by atoms with E-state index in [9.17, 15) is 49.5 Å². The van der Waals surface area contributed by atoms with Crippen LogP contribution in [-0.2, 0) is 23.8 Å². The van der Waals surface area contributed by atoms with Crippen molar-refractivity contribution in [1.29, 1.82) is 0 Å². The van der Waals surface area contributed by atoms with Crippen molar-refractivity contribution >= 4 is 29.4 Å². The van der Waals surface area contributed by atoms with Crippen molar-refractivity contribution < 1.29 is 68.5 Å². The number of carbonyl (C=O) groups is 5. The van der Waals surface area contributed by atoms with Crippen LogP contribution in [0.15, 0.2) is 18.2 Å². The van der Waals surface area contributed by atoms with E-state index in [4.69, 9.17) is 18.9 Å². The molecule has 46 heavy (non-hydrogen) atoms. The number of phenols is 3. The van der Waals surface area contributed by atoms with E-state index in [1.54, 1.807) is 0 Å². The predicted molar refractivity (Wildman–Crippen MR) is 151 cm³/mol. The van der Waals surface area contributed by atoms with Crippen LogP contribution in [0.5, 0.6) is 23.0 Å². The smallest absolute Gasteiger partial charge is 0.342 e. The minimum absolute atomic E-state index is 0.0404. The van der Waals surface area contributed by atoms with Gasteiger partial charge in [0.25, 0.3) is 11.8 Å². The lowest BCUT2D eigenvalue weighted by molar-refractivity contribution is -0.201. The van der Waals surface area contributed by atoms with Gasteiger partial charge in [-0.3, -0.25) is 24.1 Å². The number of imide groups is 1. The van der Waals surface area contributed by atoms with E-state index in [1.165, 1.54) is 6.92 Å². The number of fused-ring (bicyclic) bond motifs is 6. The molecular weight excluding hydrogens is 610 g/mol. The van der Waals surface area contributed by atoms with Gasteiger partial charge in [-0.05, 0) is 31.4 Å². The number of hydrogen-bond donors (Lipinski definition) is 5. The van der Waals surface area contributed by atoms with Crippen LogP contribution in [0, 0.1) is 6.92 Å². The number of ether oxygens (including phenoxy) is 4. The number of carbonyl (C=O) groups excluding carboxylic acids is 5. The minimum atomic E-state index is -1.22. The Kier molecular flexibility index (Phi) is 8.02. The Balaban J connectivity index is 1.31. The third-order valence-corrected chi connectivity index (χ3v) is 8.55. The highest BCUT2D eigenvalue weighted by atomic mass is 16.7. The molecule has 3 heterocycles. The highest BCUT2D eigenvalue weighted by molar-refractivity contribution is 6.32.